The Labute approximate surface area is 163 Å². The van der Waals surface area contributed by atoms with Gasteiger partial charge in [-0.3, -0.25) is 4.79 Å². The molecule has 9 heteroatoms. The number of methoxy groups -OCH3 is 2. The highest BCUT2D eigenvalue weighted by Gasteiger charge is 2.33. The van der Waals surface area contributed by atoms with Crippen LogP contribution in [0.15, 0.2) is 47.4 Å². The third kappa shape index (κ3) is 4.71. The van der Waals surface area contributed by atoms with E-state index in [1.807, 2.05) is 0 Å². The second-order valence-corrected chi connectivity index (χ2v) is 8.15. The number of likely N-dealkylation sites (N-methyl/N-ethyl adjacent to an activating group) is 1. The van der Waals surface area contributed by atoms with Crippen molar-refractivity contribution >= 4 is 27.6 Å². The molecule has 0 fully saturated rings. The second kappa shape index (κ2) is 8.60. The van der Waals surface area contributed by atoms with Crippen LogP contribution in [0.3, 0.4) is 0 Å². The van der Waals surface area contributed by atoms with E-state index in [1.54, 1.807) is 18.2 Å². The van der Waals surface area contributed by atoms with Crippen LogP contribution in [0, 0.1) is 0 Å². The number of carboxylic acid groups (broad SMARTS) is 1. The van der Waals surface area contributed by atoms with Gasteiger partial charge < -0.3 is 14.6 Å². The molecule has 0 saturated heterocycles. The van der Waals surface area contributed by atoms with Crippen molar-refractivity contribution in [2.24, 2.45) is 0 Å². The summed E-state index contributed by atoms with van der Waals surface area (Å²) in [5, 5.41) is 10.0. The molecule has 0 aliphatic carbocycles. The molecule has 0 aliphatic rings. The summed E-state index contributed by atoms with van der Waals surface area (Å²) in [5.41, 5.74) is 0.545. The molecule has 0 spiro atoms. The van der Waals surface area contributed by atoms with Gasteiger partial charge in [0.25, 0.3) is 0 Å². The molecule has 1 atom stereocenters. The van der Waals surface area contributed by atoms with Crippen LogP contribution in [0.2, 0.25) is 5.02 Å². The Morgan fingerprint density at radius 1 is 1.15 bits per heavy atom. The van der Waals surface area contributed by atoms with Crippen LogP contribution in [0.4, 0.5) is 0 Å². The molecular weight excluding hydrogens is 394 g/mol. The van der Waals surface area contributed by atoms with Crippen molar-refractivity contribution in [2.75, 3.05) is 21.3 Å². The number of ether oxygens (including phenoxy) is 2. The van der Waals surface area contributed by atoms with Crippen LogP contribution in [0.1, 0.15) is 5.56 Å². The fourth-order valence-corrected chi connectivity index (χ4v) is 3.98. The Kier molecular flexibility index (Phi) is 6.69. The van der Waals surface area contributed by atoms with Crippen molar-refractivity contribution in [2.45, 2.75) is 17.4 Å². The van der Waals surface area contributed by atoms with Crippen molar-refractivity contribution < 1.29 is 27.8 Å². The van der Waals surface area contributed by atoms with E-state index >= 15 is 0 Å². The van der Waals surface area contributed by atoms with Crippen LogP contribution in [0.25, 0.3) is 0 Å². The molecule has 0 radical (unpaired) electrons. The van der Waals surface area contributed by atoms with E-state index in [4.69, 9.17) is 21.1 Å². The maximum atomic E-state index is 12.8. The Bertz CT molecular complexity index is 914. The van der Waals surface area contributed by atoms with Gasteiger partial charge in [0.05, 0.1) is 19.1 Å². The van der Waals surface area contributed by atoms with Crippen LogP contribution < -0.4 is 9.47 Å². The first-order valence-electron chi connectivity index (χ1n) is 7.88. The predicted molar refractivity (Wildman–Crippen MR) is 101 cm³/mol. The third-order valence-corrected chi connectivity index (χ3v) is 6.25. The summed E-state index contributed by atoms with van der Waals surface area (Å²) in [7, 11) is 0.158. The van der Waals surface area contributed by atoms with Crippen molar-refractivity contribution in [3.05, 3.63) is 53.1 Å². The highest BCUT2D eigenvalue weighted by molar-refractivity contribution is 7.89. The molecule has 0 aromatic heterocycles. The number of benzene rings is 2. The average Bonchev–Trinajstić information content (AvgIpc) is 2.65. The number of hydrogen-bond acceptors (Lipinski definition) is 5. The van der Waals surface area contributed by atoms with Crippen LogP contribution in [-0.4, -0.2) is 51.1 Å². The fourth-order valence-electron chi connectivity index (χ4n) is 2.54. The van der Waals surface area contributed by atoms with E-state index in [1.165, 1.54) is 45.5 Å². The Morgan fingerprint density at radius 2 is 1.78 bits per heavy atom. The molecule has 0 aliphatic heterocycles. The largest absolute Gasteiger partial charge is 0.497 e. The minimum Gasteiger partial charge on any atom is -0.497 e. The number of nitrogens with zero attached hydrogens (tertiary/aromatic N) is 1. The van der Waals surface area contributed by atoms with Gasteiger partial charge in [-0.25, -0.2) is 8.42 Å². The molecule has 0 heterocycles. The van der Waals surface area contributed by atoms with Crippen LogP contribution >= 0.6 is 11.6 Å². The number of hydrogen-bond donors (Lipinski definition) is 1. The van der Waals surface area contributed by atoms with Gasteiger partial charge in [-0.1, -0.05) is 17.7 Å². The third-order valence-electron chi connectivity index (χ3n) is 4.12. The number of carboxylic acids is 1. The molecule has 0 amide bonds. The second-order valence-electron chi connectivity index (χ2n) is 5.71. The first kappa shape index (κ1) is 21.0. The summed E-state index contributed by atoms with van der Waals surface area (Å²) >= 11 is 5.79. The van der Waals surface area contributed by atoms with Gasteiger partial charge >= 0.3 is 5.97 Å². The molecule has 2 aromatic carbocycles. The highest BCUT2D eigenvalue weighted by atomic mass is 35.5. The summed E-state index contributed by atoms with van der Waals surface area (Å²) in [4.78, 5) is 11.8. The molecule has 0 saturated carbocycles. The van der Waals surface area contributed by atoms with Gasteiger partial charge in [0, 0.05) is 24.6 Å². The maximum absolute atomic E-state index is 12.8. The van der Waals surface area contributed by atoms with Gasteiger partial charge in [0.2, 0.25) is 10.0 Å². The molecule has 146 valence electrons. The highest BCUT2D eigenvalue weighted by Crippen LogP contribution is 2.28. The van der Waals surface area contributed by atoms with E-state index in [9.17, 15) is 18.3 Å². The Balaban J connectivity index is 2.37. The summed E-state index contributed by atoms with van der Waals surface area (Å²) in [5.74, 6) is -0.310. The predicted octanol–water partition coefficient (Wildman–Crippen LogP) is 2.67. The molecular formula is C18H20ClNO6S. The summed E-state index contributed by atoms with van der Waals surface area (Å²) < 4.78 is 36.8. The SMILES string of the molecule is COc1ccc(CC(C(=O)O)N(C)S(=O)(=O)c2ccc(Cl)cc2)c(OC)c1. The zero-order chi connectivity index (χ0) is 20.2. The summed E-state index contributed by atoms with van der Waals surface area (Å²) in [6, 6.07) is 9.13. The lowest BCUT2D eigenvalue weighted by Gasteiger charge is -2.25. The summed E-state index contributed by atoms with van der Waals surface area (Å²) in [6.45, 7) is 0. The monoisotopic (exact) mass is 413 g/mol. The average molecular weight is 414 g/mol. The molecule has 2 aromatic rings. The van der Waals surface area contributed by atoms with Crippen LogP contribution in [-0.2, 0) is 21.2 Å². The number of sulfonamides is 1. The van der Waals surface area contributed by atoms with Crippen molar-refractivity contribution in [1.82, 2.24) is 4.31 Å². The van der Waals surface area contributed by atoms with E-state index in [0.717, 1.165) is 4.31 Å². The number of carbonyl (C=O) groups is 1. The van der Waals surface area contributed by atoms with Crippen molar-refractivity contribution in [1.29, 1.82) is 0 Å². The fraction of sp³-hybridized carbons (Fsp3) is 0.278. The lowest BCUT2D eigenvalue weighted by Crippen LogP contribution is -2.43. The zero-order valence-corrected chi connectivity index (χ0v) is 16.6. The first-order chi connectivity index (χ1) is 12.7. The van der Waals surface area contributed by atoms with Gasteiger partial charge in [0.15, 0.2) is 0 Å². The molecule has 2 rings (SSSR count). The first-order valence-corrected chi connectivity index (χ1v) is 9.69. The molecule has 0 bridgehead atoms. The van der Waals surface area contributed by atoms with Gasteiger partial charge in [-0.2, -0.15) is 4.31 Å². The van der Waals surface area contributed by atoms with Crippen molar-refractivity contribution in [3.8, 4) is 11.5 Å². The molecule has 1 N–H and O–H groups in total. The van der Waals surface area contributed by atoms with E-state index in [0.29, 0.717) is 22.1 Å². The Hall–Kier alpha value is -2.29. The lowest BCUT2D eigenvalue weighted by molar-refractivity contribution is -0.141. The summed E-state index contributed by atoms with van der Waals surface area (Å²) in [6.07, 6.45) is -0.0776. The van der Waals surface area contributed by atoms with E-state index < -0.39 is 22.0 Å². The number of rotatable bonds is 8. The van der Waals surface area contributed by atoms with E-state index in [-0.39, 0.29) is 11.3 Å². The number of aliphatic carboxylic acids is 1. The standard InChI is InChI=1S/C18H20ClNO6S/c1-20(27(23,24)15-8-5-13(19)6-9-15)16(18(21)22)10-12-4-7-14(25-2)11-17(12)26-3/h4-9,11,16H,10H2,1-3H3,(H,21,22). The smallest absolute Gasteiger partial charge is 0.322 e. The van der Waals surface area contributed by atoms with Crippen LogP contribution in [0.5, 0.6) is 11.5 Å². The topological polar surface area (TPSA) is 93.1 Å². The molecule has 27 heavy (non-hydrogen) atoms. The zero-order valence-electron chi connectivity index (χ0n) is 15.0. The minimum atomic E-state index is -4.02. The normalized spacial score (nSPS) is 12.6. The van der Waals surface area contributed by atoms with Crippen molar-refractivity contribution in [3.63, 3.8) is 0 Å². The van der Waals surface area contributed by atoms with Gasteiger partial charge in [-0.05, 0) is 35.9 Å². The number of halogens is 1. The quantitative estimate of drug-likeness (QED) is 0.715. The lowest BCUT2D eigenvalue weighted by atomic mass is 10.0. The molecule has 1 unspecified atom stereocenters. The maximum Gasteiger partial charge on any atom is 0.322 e. The van der Waals surface area contributed by atoms with Gasteiger partial charge in [-0.15, -0.1) is 0 Å². The minimum absolute atomic E-state index is 0.0395. The molecule has 7 nitrogen and oxygen atoms in total. The van der Waals surface area contributed by atoms with E-state index in [2.05, 4.69) is 0 Å². The Morgan fingerprint density at radius 3 is 2.30 bits per heavy atom. The van der Waals surface area contributed by atoms with Gasteiger partial charge in [0.1, 0.15) is 17.5 Å².